The molecule has 130 valence electrons. The van der Waals surface area contributed by atoms with E-state index in [4.69, 9.17) is 0 Å². The van der Waals surface area contributed by atoms with Crippen LogP contribution in [0.1, 0.15) is 70.0 Å². The van der Waals surface area contributed by atoms with Crippen molar-refractivity contribution in [3.63, 3.8) is 0 Å². The summed E-state index contributed by atoms with van der Waals surface area (Å²) in [7, 11) is 0.0201. The lowest BCUT2D eigenvalue weighted by Gasteiger charge is -2.21. The number of benzene rings is 2. The van der Waals surface area contributed by atoms with E-state index in [1.165, 1.54) is 51.1 Å². The van der Waals surface area contributed by atoms with Crippen LogP contribution in [0.4, 0.5) is 0 Å². The second-order valence-corrected chi connectivity index (χ2v) is 9.18. The Hall–Kier alpha value is -1.13. The Bertz CT molecular complexity index is 485. The molecule has 0 aliphatic carbocycles. The first kappa shape index (κ1) is 19.2. The summed E-state index contributed by atoms with van der Waals surface area (Å²) < 4.78 is 0. The van der Waals surface area contributed by atoms with Gasteiger partial charge in [-0.2, -0.15) is 0 Å². The molecule has 1 fully saturated rings. The van der Waals surface area contributed by atoms with Crippen LogP contribution >= 0.6 is 7.92 Å². The van der Waals surface area contributed by atoms with E-state index in [1.54, 1.807) is 10.9 Å². The predicted octanol–water partition coefficient (Wildman–Crippen LogP) is 7.31. The average molecular weight is 340 g/mol. The summed E-state index contributed by atoms with van der Waals surface area (Å²) in [5.74, 6) is 0. The van der Waals surface area contributed by atoms with Crippen molar-refractivity contribution < 1.29 is 0 Å². The van der Waals surface area contributed by atoms with Crippen LogP contribution in [0.15, 0.2) is 60.7 Å². The molecule has 1 saturated heterocycles. The lowest BCUT2D eigenvalue weighted by atomic mass is 10.1. The minimum absolute atomic E-state index is 0.0201. The van der Waals surface area contributed by atoms with Crippen molar-refractivity contribution in [2.45, 2.75) is 64.5 Å². The third-order valence-electron chi connectivity index (χ3n) is 4.73. The average Bonchev–Trinajstić information content (AvgIpc) is 3.14. The van der Waals surface area contributed by atoms with Crippen molar-refractivity contribution in [3.05, 3.63) is 66.2 Å². The molecule has 1 heterocycles. The van der Waals surface area contributed by atoms with Crippen molar-refractivity contribution in [3.8, 4) is 0 Å². The van der Waals surface area contributed by atoms with Crippen LogP contribution in [0.25, 0.3) is 0 Å². The van der Waals surface area contributed by atoms with E-state index in [-0.39, 0.29) is 7.92 Å². The Kier molecular flexibility index (Phi) is 9.14. The van der Waals surface area contributed by atoms with Crippen molar-refractivity contribution in [2.24, 2.45) is 0 Å². The molecule has 2 unspecified atom stereocenters. The van der Waals surface area contributed by atoms with Crippen LogP contribution in [0.5, 0.6) is 0 Å². The van der Waals surface area contributed by atoms with E-state index in [9.17, 15) is 0 Å². The fourth-order valence-corrected chi connectivity index (χ4v) is 6.43. The number of hydrogen-bond acceptors (Lipinski definition) is 0. The largest absolute Gasteiger partial charge is 0.0677 e. The molecule has 0 spiro atoms. The standard InChI is InChI=1S/C16H17P.C7H16/c1-3-8-14(9-4-1)16-12-7-13-17(16)15-10-5-2-6-11-15;1-3-5-7-6-4-2/h1-6,8-11,16H,7,12-13H2;3-7H2,1-2H3. The minimum Gasteiger partial charge on any atom is -0.0677 e. The fourth-order valence-electron chi connectivity index (χ4n) is 3.39. The molecule has 0 bridgehead atoms. The van der Waals surface area contributed by atoms with Crippen LogP contribution in [0, 0.1) is 0 Å². The Balaban J connectivity index is 0.000000256. The maximum absolute atomic E-state index is 2.31. The molecular weight excluding hydrogens is 307 g/mol. The summed E-state index contributed by atoms with van der Waals surface area (Å²) in [5, 5.41) is 1.58. The highest BCUT2D eigenvalue weighted by Gasteiger charge is 2.28. The molecule has 1 aliphatic rings. The first-order valence-electron chi connectivity index (χ1n) is 9.73. The van der Waals surface area contributed by atoms with Crippen molar-refractivity contribution in [2.75, 3.05) is 6.16 Å². The first-order chi connectivity index (χ1) is 11.9. The van der Waals surface area contributed by atoms with E-state index in [1.807, 2.05) is 0 Å². The molecule has 0 saturated carbocycles. The van der Waals surface area contributed by atoms with Gasteiger partial charge in [0.15, 0.2) is 0 Å². The van der Waals surface area contributed by atoms with Crippen LogP contribution < -0.4 is 5.30 Å². The second-order valence-electron chi connectivity index (χ2n) is 6.66. The molecule has 1 heteroatoms. The summed E-state index contributed by atoms with van der Waals surface area (Å²) in [6.45, 7) is 4.49. The third-order valence-corrected chi connectivity index (χ3v) is 7.80. The molecule has 0 radical (unpaired) electrons. The van der Waals surface area contributed by atoms with Gasteiger partial charge in [-0.1, -0.05) is 115 Å². The SMILES string of the molecule is CCCCCCC.c1ccc(C2CCCP2c2ccccc2)cc1. The highest BCUT2D eigenvalue weighted by atomic mass is 31.1. The number of hydrogen-bond donors (Lipinski definition) is 0. The maximum atomic E-state index is 2.31. The quantitative estimate of drug-likeness (QED) is 0.382. The molecule has 24 heavy (non-hydrogen) atoms. The lowest BCUT2D eigenvalue weighted by Crippen LogP contribution is -2.04. The van der Waals surface area contributed by atoms with Crippen LogP contribution in [0.3, 0.4) is 0 Å². The highest BCUT2D eigenvalue weighted by Crippen LogP contribution is 2.58. The van der Waals surface area contributed by atoms with Gasteiger partial charge in [0.1, 0.15) is 0 Å². The lowest BCUT2D eigenvalue weighted by molar-refractivity contribution is 0.656. The summed E-state index contributed by atoms with van der Waals surface area (Å²) in [6, 6.07) is 22.2. The van der Waals surface area contributed by atoms with Gasteiger partial charge in [0.05, 0.1) is 0 Å². The Morgan fingerprint density at radius 3 is 1.96 bits per heavy atom. The number of rotatable bonds is 6. The van der Waals surface area contributed by atoms with Gasteiger partial charge in [0, 0.05) is 5.66 Å². The van der Waals surface area contributed by atoms with Gasteiger partial charge in [-0.05, 0) is 29.9 Å². The third kappa shape index (κ3) is 6.06. The highest BCUT2D eigenvalue weighted by molar-refractivity contribution is 7.66. The van der Waals surface area contributed by atoms with Crippen LogP contribution in [-0.4, -0.2) is 6.16 Å². The smallest absolute Gasteiger partial charge is 0.00820 e. The molecule has 3 rings (SSSR count). The minimum atomic E-state index is 0.0201. The van der Waals surface area contributed by atoms with E-state index in [0.29, 0.717) is 0 Å². The summed E-state index contributed by atoms with van der Waals surface area (Å²) in [5.41, 5.74) is 2.33. The van der Waals surface area contributed by atoms with Gasteiger partial charge < -0.3 is 0 Å². The zero-order valence-electron chi connectivity index (χ0n) is 15.5. The fraction of sp³-hybridized carbons (Fsp3) is 0.478. The van der Waals surface area contributed by atoms with Gasteiger partial charge >= 0.3 is 0 Å². The normalized spacial score (nSPS) is 19.6. The number of unbranched alkanes of at least 4 members (excludes halogenated alkanes) is 4. The summed E-state index contributed by atoms with van der Waals surface area (Å²) in [6.07, 6.45) is 11.2. The molecule has 2 aromatic rings. The van der Waals surface area contributed by atoms with Gasteiger partial charge in [-0.15, -0.1) is 0 Å². The van der Waals surface area contributed by atoms with Crippen molar-refractivity contribution in [1.82, 2.24) is 0 Å². The van der Waals surface area contributed by atoms with Gasteiger partial charge in [-0.25, -0.2) is 0 Å². The predicted molar refractivity (Wildman–Crippen MR) is 111 cm³/mol. The van der Waals surface area contributed by atoms with E-state index < -0.39 is 0 Å². The van der Waals surface area contributed by atoms with Crippen molar-refractivity contribution in [1.29, 1.82) is 0 Å². The Morgan fingerprint density at radius 2 is 1.38 bits per heavy atom. The molecular formula is C23H33P. The molecule has 0 N–H and O–H groups in total. The molecule has 1 aliphatic heterocycles. The Labute approximate surface area is 150 Å². The zero-order chi connectivity index (χ0) is 17.0. The molecule has 2 atom stereocenters. The molecule has 2 aromatic carbocycles. The Morgan fingerprint density at radius 1 is 0.792 bits per heavy atom. The van der Waals surface area contributed by atoms with Crippen LogP contribution in [0.2, 0.25) is 0 Å². The maximum Gasteiger partial charge on any atom is 0.00820 e. The second kappa shape index (κ2) is 11.4. The van der Waals surface area contributed by atoms with E-state index in [2.05, 4.69) is 74.5 Å². The van der Waals surface area contributed by atoms with Gasteiger partial charge in [0.2, 0.25) is 0 Å². The van der Waals surface area contributed by atoms with Crippen molar-refractivity contribution >= 4 is 13.2 Å². The van der Waals surface area contributed by atoms with E-state index in [0.717, 1.165) is 5.66 Å². The molecule has 0 nitrogen and oxygen atoms in total. The molecule has 0 aromatic heterocycles. The monoisotopic (exact) mass is 340 g/mol. The summed E-state index contributed by atoms with van der Waals surface area (Å²) >= 11 is 0. The van der Waals surface area contributed by atoms with Crippen LogP contribution in [-0.2, 0) is 0 Å². The zero-order valence-corrected chi connectivity index (χ0v) is 16.3. The molecule has 0 amide bonds. The van der Waals surface area contributed by atoms with Gasteiger partial charge in [0.25, 0.3) is 0 Å². The van der Waals surface area contributed by atoms with Gasteiger partial charge in [-0.3, -0.25) is 0 Å². The first-order valence-corrected chi connectivity index (χ1v) is 11.3. The summed E-state index contributed by atoms with van der Waals surface area (Å²) in [4.78, 5) is 0. The van der Waals surface area contributed by atoms with E-state index >= 15 is 0 Å². The topological polar surface area (TPSA) is 0 Å².